The van der Waals surface area contributed by atoms with Crippen molar-refractivity contribution >= 4 is 23.7 Å². The fraction of sp³-hybridized carbons (Fsp3) is 0.429. The van der Waals surface area contributed by atoms with Gasteiger partial charge in [-0.3, -0.25) is 14.5 Å². The van der Waals surface area contributed by atoms with Crippen molar-refractivity contribution in [2.45, 2.75) is 25.7 Å². The number of ether oxygens (including phenoxy) is 3. The van der Waals surface area contributed by atoms with E-state index in [1.807, 2.05) is 0 Å². The number of rotatable bonds is 6. The van der Waals surface area contributed by atoms with Crippen LogP contribution in [0.4, 0.5) is 14.6 Å². The van der Waals surface area contributed by atoms with Crippen LogP contribution in [0.2, 0.25) is 0 Å². The van der Waals surface area contributed by atoms with Crippen molar-refractivity contribution in [3.8, 4) is 5.88 Å². The van der Waals surface area contributed by atoms with Gasteiger partial charge >= 0.3 is 18.6 Å². The maximum Gasteiger partial charge on any atom is 0.388 e. The number of hydrogen-bond acceptors (Lipinski definition) is 7. The van der Waals surface area contributed by atoms with E-state index < -0.39 is 42.5 Å². The maximum absolute atomic E-state index is 12.5. The van der Waals surface area contributed by atoms with E-state index in [0.717, 1.165) is 11.8 Å². The first-order valence-electron chi connectivity index (χ1n) is 7.04. The summed E-state index contributed by atoms with van der Waals surface area (Å²) in [5.74, 6) is -3.72. The Balaban J connectivity index is 2.24. The summed E-state index contributed by atoms with van der Waals surface area (Å²) in [4.78, 5) is 39.6. The minimum absolute atomic E-state index is 0.00682. The molecule has 0 bridgehead atoms. The highest BCUT2D eigenvalue weighted by molar-refractivity contribution is 6.00. The molecule has 1 fully saturated rings. The van der Waals surface area contributed by atoms with E-state index in [2.05, 4.69) is 14.5 Å². The number of amides is 1. The summed E-state index contributed by atoms with van der Waals surface area (Å²) < 4.78 is 38.5. The molecule has 0 spiro atoms. The number of halogens is 2. The van der Waals surface area contributed by atoms with Crippen LogP contribution >= 0.6 is 0 Å². The first-order chi connectivity index (χ1) is 11.8. The zero-order valence-corrected chi connectivity index (χ0v) is 12.9. The number of morpholine rings is 1. The summed E-state index contributed by atoms with van der Waals surface area (Å²) in [5.41, 5.74) is 0. The van der Waals surface area contributed by atoms with Crippen LogP contribution in [0.1, 0.15) is 6.92 Å². The van der Waals surface area contributed by atoms with Crippen LogP contribution in [-0.4, -0.2) is 59.9 Å². The number of carbonyl (C=O) groups is 3. The van der Waals surface area contributed by atoms with E-state index in [1.165, 1.54) is 18.2 Å². The van der Waals surface area contributed by atoms with Crippen LogP contribution in [0, 0.1) is 0 Å². The van der Waals surface area contributed by atoms with Crippen molar-refractivity contribution in [1.82, 2.24) is 4.98 Å². The molecule has 1 saturated heterocycles. The summed E-state index contributed by atoms with van der Waals surface area (Å²) in [6, 6.07) is 3.88. The molecule has 2 rings (SSSR count). The second-order valence-corrected chi connectivity index (χ2v) is 4.86. The van der Waals surface area contributed by atoms with Gasteiger partial charge in [0.05, 0.1) is 13.2 Å². The molecule has 1 unspecified atom stereocenters. The zero-order valence-electron chi connectivity index (χ0n) is 12.9. The van der Waals surface area contributed by atoms with Crippen molar-refractivity contribution < 1.29 is 42.5 Å². The van der Waals surface area contributed by atoms with Crippen LogP contribution in [-0.2, 0) is 23.9 Å². The molecular formula is C14H14F2N2O7. The second kappa shape index (κ2) is 7.83. The lowest BCUT2D eigenvalue weighted by atomic mass is 10.1. The van der Waals surface area contributed by atoms with Gasteiger partial charge < -0.3 is 19.3 Å². The molecule has 0 aliphatic carbocycles. The van der Waals surface area contributed by atoms with Gasteiger partial charge in [0.25, 0.3) is 5.91 Å². The molecule has 136 valence electrons. The normalized spacial score (nSPS) is 18.8. The van der Waals surface area contributed by atoms with E-state index in [1.54, 1.807) is 0 Å². The van der Waals surface area contributed by atoms with Gasteiger partial charge in [-0.25, -0.2) is 4.79 Å². The van der Waals surface area contributed by atoms with Gasteiger partial charge in [0.15, 0.2) is 6.10 Å². The Labute approximate surface area is 140 Å². The SMILES string of the molecule is CC(=O)OC(C(=O)O)[C@H]1OCCN(c2cccc(OC(F)F)n2)C1=O. The Bertz CT molecular complexity index is 670. The molecule has 0 saturated carbocycles. The van der Waals surface area contributed by atoms with Crippen LogP contribution < -0.4 is 9.64 Å². The predicted octanol–water partition coefficient (Wildman–Crippen LogP) is 0.431. The Kier molecular flexibility index (Phi) is 5.80. The number of hydrogen-bond donors (Lipinski definition) is 1. The van der Waals surface area contributed by atoms with Gasteiger partial charge in [0.1, 0.15) is 5.82 Å². The lowest BCUT2D eigenvalue weighted by Gasteiger charge is -2.33. The smallest absolute Gasteiger partial charge is 0.388 e. The highest BCUT2D eigenvalue weighted by atomic mass is 19.3. The molecule has 25 heavy (non-hydrogen) atoms. The Morgan fingerprint density at radius 2 is 2.16 bits per heavy atom. The van der Waals surface area contributed by atoms with Gasteiger partial charge in [-0.1, -0.05) is 6.07 Å². The fourth-order valence-corrected chi connectivity index (χ4v) is 2.18. The molecular weight excluding hydrogens is 346 g/mol. The van der Waals surface area contributed by atoms with Crippen molar-refractivity contribution in [2.24, 2.45) is 0 Å². The molecule has 1 aromatic rings. The van der Waals surface area contributed by atoms with Gasteiger partial charge in [-0.2, -0.15) is 13.8 Å². The third-order valence-corrected chi connectivity index (χ3v) is 3.13. The average molecular weight is 360 g/mol. The number of alkyl halides is 2. The monoisotopic (exact) mass is 360 g/mol. The largest absolute Gasteiger partial charge is 0.478 e. The maximum atomic E-state index is 12.5. The molecule has 1 N–H and O–H groups in total. The average Bonchev–Trinajstić information content (AvgIpc) is 2.52. The number of carboxylic acids is 1. The topological polar surface area (TPSA) is 115 Å². The highest BCUT2D eigenvalue weighted by Crippen LogP contribution is 2.22. The summed E-state index contributed by atoms with van der Waals surface area (Å²) >= 11 is 0. The van der Waals surface area contributed by atoms with Crippen molar-refractivity contribution in [2.75, 3.05) is 18.1 Å². The summed E-state index contributed by atoms with van der Waals surface area (Å²) in [5, 5.41) is 9.15. The van der Waals surface area contributed by atoms with Gasteiger partial charge in [0, 0.05) is 13.0 Å². The number of esters is 1. The number of anilines is 1. The standard InChI is InChI=1S/C14H14F2N2O7/c1-7(19)24-11(13(21)22)10-12(20)18(5-6-23-10)8-3-2-4-9(17-8)25-14(15)16/h2-4,10-11,14H,5-6H2,1H3,(H,21,22)/t10-,11?/m1/s1. The number of aromatic nitrogens is 1. The number of pyridine rings is 1. The molecule has 11 heteroatoms. The van der Waals surface area contributed by atoms with E-state index in [0.29, 0.717) is 0 Å². The van der Waals surface area contributed by atoms with Crippen LogP contribution in [0.3, 0.4) is 0 Å². The molecule has 2 atom stereocenters. The summed E-state index contributed by atoms with van der Waals surface area (Å²) in [7, 11) is 0. The predicted molar refractivity (Wildman–Crippen MR) is 76.2 cm³/mol. The summed E-state index contributed by atoms with van der Waals surface area (Å²) in [6.07, 6.45) is -3.43. The quantitative estimate of drug-likeness (QED) is 0.726. The number of carboxylic acid groups (broad SMARTS) is 1. The van der Waals surface area contributed by atoms with Crippen LogP contribution in [0.15, 0.2) is 18.2 Å². The first-order valence-corrected chi connectivity index (χ1v) is 7.04. The molecule has 9 nitrogen and oxygen atoms in total. The lowest BCUT2D eigenvalue weighted by Crippen LogP contribution is -2.55. The van der Waals surface area contributed by atoms with Crippen LogP contribution in [0.5, 0.6) is 5.88 Å². The van der Waals surface area contributed by atoms with Crippen molar-refractivity contribution in [3.05, 3.63) is 18.2 Å². The Morgan fingerprint density at radius 3 is 2.76 bits per heavy atom. The van der Waals surface area contributed by atoms with Crippen molar-refractivity contribution in [3.63, 3.8) is 0 Å². The number of carbonyl (C=O) groups excluding carboxylic acids is 2. The van der Waals surface area contributed by atoms with Crippen LogP contribution in [0.25, 0.3) is 0 Å². The first kappa shape index (κ1) is 18.5. The Morgan fingerprint density at radius 1 is 1.44 bits per heavy atom. The van der Waals surface area contributed by atoms with Gasteiger partial charge in [0.2, 0.25) is 12.0 Å². The number of aliphatic carboxylic acids is 1. The Hall–Kier alpha value is -2.82. The number of nitrogens with zero attached hydrogens (tertiary/aromatic N) is 2. The van der Waals surface area contributed by atoms with E-state index in [4.69, 9.17) is 9.84 Å². The summed E-state index contributed by atoms with van der Waals surface area (Å²) in [6.45, 7) is -2.15. The molecule has 1 aromatic heterocycles. The van der Waals surface area contributed by atoms with Crippen molar-refractivity contribution in [1.29, 1.82) is 0 Å². The highest BCUT2D eigenvalue weighted by Gasteiger charge is 2.43. The molecule has 1 aliphatic rings. The van der Waals surface area contributed by atoms with E-state index in [-0.39, 0.29) is 19.0 Å². The molecule has 1 aliphatic heterocycles. The van der Waals surface area contributed by atoms with Gasteiger partial charge in [-0.05, 0) is 6.07 Å². The zero-order chi connectivity index (χ0) is 18.6. The van der Waals surface area contributed by atoms with Gasteiger partial charge in [-0.15, -0.1) is 0 Å². The second-order valence-electron chi connectivity index (χ2n) is 4.86. The van der Waals surface area contributed by atoms with E-state index >= 15 is 0 Å². The molecule has 2 heterocycles. The van der Waals surface area contributed by atoms with E-state index in [9.17, 15) is 23.2 Å². The minimum Gasteiger partial charge on any atom is -0.478 e. The molecule has 1 amide bonds. The molecule has 0 aromatic carbocycles. The molecule has 0 radical (unpaired) electrons. The lowest BCUT2D eigenvalue weighted by molar-refractivity contribution is -0.177. The fourth-order valence-electron chi connectivity index (χ4n) is 2.18. The minimum atomic E-state index is -3.09. The third kappa shape index (κ3) is 4.59. The third-order valence-electron chi connectivity index (χ3n) is 3.13.